The van der Waals surface area contributed by atoms with Crippen molar-refractivity contribution in [2.24, 2.45) is 4.99 Å². The fraction of sp³-hybridized carbons (Fsp3) is 0.0833. The van der Waals surface area contributed by atoms with Crippen molar-refractivity contribution in [1.29, 1.82) is 0 Å². The molecule has 0 aromatic heterocycles. The molecule has 1 fully saturated rings. The molecule has 0 bridgehead atoms. The Morgan fingerprint density at radius 1 is 1.13 bits per heavy atom. The van der Waals surface area contributed by atoms with Crippen LogP contribution in [0.2, 0.25) is 5.02 Å². The first-order chi connectivity index (χ1) is 15.0. The largest absolute Gasteiger partial charge is 0.488 e. The van der Waals surface area contributed by atoms with Crippen molar-refractivity contribution in [2.45, 2.75) is 13.5 Å². The molecule has 7 heteroatoms. The van der Waals surface area contributed by atoms with Gasteiger partial charge in [0.05, 0.1) is 10.6 Å². The zero-order valence-electron chi connectivity index (χ0n) is 16.6. The first-order valence-electron chi connectivity index (χ1n) is 9.50. The zero-order valence-corrected chi connectivity index (χ0v) is 19.7. The number of amidine groups is 1. The summed E-state index contributed by atoms with van der Waals surface area (Å²) < 4.78 is 6.93. The van der Waals surface area contributed by atoms with E-state index in [1.165, 1.54) is 11.8 Å². The summed E-state index contributed by atoms with van der Waals surface area (Å²) in [7, 11) is 0. The SMILES string of the molecule is Cc1c(Cl)cccc1N=C1NC(=O)/C(=C\c2cc(Br)ccc2OCc2ccccc2)S1. The maximum absolute atomic E-state index is 12.5. The average Bonchev–Trinajstić information content (AvgIpc) is 3.10. The van der Waals surface area contributed by atoms with Crippen LogP contribution in [0.3, 0.4) is 0 Å². The van der Waals surface area contributed by atoms with Gasteiger partial charge in [-0.25, -0.2) is 4.99 Å². The number of thioether (sulfide) groups is 1. The van der Waals surface area contributed by atoms with E-state index in [1.807, 2.05) is 79.7 Å². The first kappa shape index (κ1) is 21.7. The summed E-state index contributed by atoms with van der Waals surface area (Å²) in [6, 6.07) is 21.2. The lowest BCUT2D eigenvalue weighted by molar-refractivity contribution is -0.115. The van der Waals surface area contributed by atoms with E-state index in [-0.39, 0.29) is 5.91 Å². The number of aliphatic imine (C=N–C) groups is 1. The van der Waals surface area contributed by atoms with Gasteiger partial charge in [-0.2, -0.15) is 0 Å². The Bertz CT molecular complexity index is 1200. The van der Waals surface area contributed by atoms with Gasteiger partial charge < -0.3 is 10.1 Å². The van der Waals surface area contributed by atoms with Gasteiger partial charge in [0.2, 0.25) is 0 Å². The lowest BCUT2D eigenvalue weighted by atomic mass is 10.2. The van der Waals surface area contributed by atoms with Gasteiger partial charge in [0, 0.05) is 15.1 Å². The first-order valence-corrected chi connectivity index (χ1v) is 11.5. The minimum absolute atomic E-state index is 0.197. The van der Waals surface area contributed by atoms with Crippen LogP contribution in [0.5, 0.6) is 5.75 Å². The van der Waals surface area contributed by atoms with Crippen molar-refractivity contribution >= 4 is 62.1 Å². The van der Waals surface area contributed by atoms with Gasteiger partial charge in [-0.15, -0.1) is 0 Å². The van der Waals surface area contributed by atoms with Crippen LogP contribution in [0.4, 0.5) is 5.69 Å². The Hall–Kier alpha value is -2.54. The summed E-state index contributed by atoms with van der Waals surface area (Å²) in [6.45, 7) is 2.34. The molecule has 1 heterocycles. The molecule has 1 saturated heterocycles. The fourth-order valence-corrected chi connectivity index (χ4v) is 4.32. The van der Waals surface area contributed by atoms with Crippen molar-refractivity contribution in [3.63, 3.8) is 0 Å². The molecule has 3 aromatic rings. The molecule has 1 N–H and O–H groups in total. The molecule has 0 spiro atoms. The van der Waals surface area contributed by atoms with Crippen LogP contribution in [0, 0.1) is 6.92 Å². The van der Waals surface area contributed by atoms with E-state index in [1.54, 1.807) is 0 Å². The molecule has 0 saturated carbocycles. The van der Waals surface area contributed by atoms with Gasteiger partial charge >= 0.3 is 0 Å². The molecule has 156 valence electrons. The standard InChI is InChI=1S/C24H18BrClN2O2S/c1-15-19(26)8-5-9-20(15)27-24-28-23(29)22(31-24)13-17-12-18(25)10-11-21(17)30-14-16-6-3-2-4-7-16/h2-13H,14H2,1H3,(H,27,28,29)/b22-13+. The third-order valence-electron chi connectivity index (χ3n) is 4.61. The van der Waals surface area contributed by atoms with E-state index in [0.29, 0.717) is 27.5 Å². The Morgan fingerprint density at radius 3 is 2.74 bits per heavy atom. The molecule has 1 aliphatic heterocycles. The number of hydrogen-bond donors (Lipinski definition) is 1. The summed E-state index contributed by atoms with van der Waals surface area (Å²) in [6.07, 6.45) is 1.82. The molecular weight excluding hydrogens is 496 g/mol. The van der Waals surface area contributed by atoms with Gasteiger partial charge in [0.1, 0.15) is 12.4 Å². The second-order valence-electron chi connectivity index (χ2n) is 6.82. The summed E-state index contributed by atoms with van der Waals surface area (Å²) >= 11 is 11.0. The normalized spacial score (nSPS) is 16.0. The van der Waals surface area contributed by atoms with Gasteiger partial charge in [-0.1, -0.05) is 63.9 Å². The molecule has 4 nitrogen and oxygen atoms in total. The average molecular weight is 514 g/mol. The summed E-state index contributed by atoms with van der Waals surface area (Å²) in [5.41, 5.74) is 3.48. The number of nitrogens with zero attached hydrogens (tertiary/aromatic N) is 1. The monoisotopic (exact) mass is 512 g/mol. The maximum atomic E-state index is 12.5. The second kappa shape index (κ2) is 9.73. The number of ether oxygens (including phenoxy) is 1. The molecular formula is C24H18BrClN2O2S. The van der Waals surface area contributed by atoms with E-state index in [4.69, 9.17) is 16.3 Å². The zero-order chi connectivity index (χ0) is 21.8. The number of nitrogens with one attached hydrogen (secondary N) is 1. The Balaban J connectivity index is 1.58. The molecule has 1 amide bonds. The van der Waals surface area contributed by atoms with E-state index in [2.05, 4.69) is 26.2 Å². The van der Waals surface area contributed by atoms with Crippen molar-refractivity contribution in [2.75, 3.05) is 0 Å². The smallest absolute Gasteiger partial charge is 0.264 e. The molecule has 0 atom stereocenters. The van der Waals surface area contributed by atoms with Crippen LogP contribution in [0.25, 0.3) is 6.08 Å². The fourth-order valence-electron chi connectivity index (χ4n) is 2.95. The van der Waals surface area contributed by atoms with Crippen molar-refractivity contribution < 1.29 is 9.53 Å². The molecule has 3 aromatic carbocycles. The van der Waals surface area contributed by atoms with Crippen LogP contribution in [-0.2, 0) is 11.4 Å². The predicted octanol–water partition coefficient (Wildman–Crippen LogP) is 6.88. The number of amides is 1. The quantitative estimate of drug-likeness (QED) is 0.378. The molecule has 4 rings (SSSR count). The summed E-state index contributed by atoms with van der Waals surface area (Å²) in [4.78, 5) is 17.6. The molecule has 0 aliphatic carbocycles. The third kappa shape index (κ3) is 5.39. The van der Waals surface area contributed by atoms with Crippen molar-refractivity contribution in [1.82, 2.24) is 5.32 Å². The lowest BCUT2D eigenvalue weighted by Crippen LogP contribution is -2.19. The molecule has 0 radical (unpaired) electrons. The highest BCUT2D eigenvalue weighted by atomic mass is 79.9. The molecule has 31 heavy (non-hydrogen) atoms. The third-order valence-corrected chi connectivity index (χ3v) is 6.42. The highest BCUT2D eigenvalue weighted by Gasteiger charge is 2.24. The van der Waals surface area contributed by atoms with Crippen LogP contribution in [-0.4, -0.2) is 11.1 Å². The number of hydrogen-bond acceptors (Lipinski definition) is 4. The van der Waals surface area contributed by atoms with Crippen LogP contribution in [0.15, 0.2) is 81.1 Å². The lowest BCUT2D eigenvalue weighted by Gasteiger charge is -2.10. The van der Waals surface area contributed by atoms with Crippen molar-refractivity contribution in [3.05, 3.63) is 97.8 Å². The number of carbonyl (C=O) groups excluding carboxylic acids is 1. The number of rotatable bonds is 5. The Morgan fingerprint density at radius 2 is 1.94 bits per heavy atom. The topological polar surface area (TPSA) is 50.7 Å². The maximum Gasteiger partial charge on any atom is 0.264 e. The highest BCUT2D eigenvalue weighted by molar-refractivity contribution is 9.10. The summed E-state index contributed by atoms with van der Waals surface area (Å²) in [5.74, 6) is 0.501. The van der Waals surface area contributed by atoms with Crippen LogP contribution in [0.1, 0.15) is 16.7 Å². The van der Waals surface area contributed by atoms with E-state index in [9.17, 15) is 4.79 Å². The number of halogens is 2. The van der Waals surface area contributed by atoms with Gasteiger partial charge in [0.25, 0.3) is 5.91 Å². The van der Waals surface area contributed by atoms with Crippen LogP contribution >= 0.6 is 39.3 Å². The van der Waals surface area contributed by atoms with E-state index in [0.717, 1.165) is 26.9 Å². The van der Waals surface area contributed by atoms with Gasteiger partial charge in [-0.05, 0) is 66.2 Å². The van der Waals surface area contributed by atoms with Gasteiger partial charge in [0.15, 0.2) is 5.17 Å². The minimum atomic E-state index is -0.197. The van der Waals surface area contributed by atoms with Crippen LogP contribution < -0.4 is 10.1 Å². The minimum Gasteiger partial charge on any atom is -0.488 e. The Kier molecular flexibility index (Phi) is 6.80. The predicted molar refractivity (Wildman–Crippen MR) is 132 cm³/mol. The number of benzene rings is 3. The van der Waals surface area contributed by atoms with Crippen molar-refractivity contribution in [3.8, 4) is 5.75 Å². The second-order valence-corrected chi connectivity index (χ2v) is 9.18. The summed E-state index contributed by atoms with van der Waals surface area (Å²) in [5, 5.41) is 3.98. The van der Waals surface area contributed by atoms with E-state index >= 15 is 0 Å². The van der Waals surface area contributed by atoms with E-state index < -0.39 is 0 Å². The molecule has 0 unspecified atom stereocenters. The highest BCUT2D eigenvalue weighted by Crippen LogP contribution is 2.33. The Labute approximate surface area is 198 Å². The number of carbonyl (C=O) groups is 1. The van der Waals surface area contributed by atoms with Gasteiger partial charge in [-0.3, -0.25) is 4.79 Å². The molecule has 1 aliphatic rings.